The topological polar surface area (TPSA) is 51.1 Å². The number of hydrogen-bond donors (Lipinski definition) is 0. The fourth-order valence-corrected chi connectivity index (χ4v) is 3.93. The first kappa shape index (κ1) is 17.6. The van der Waals surface area contributed by atoms with Crippen molar-refractivity contribution in [2.45, 2.75) is 31.3 Å². The van der Waals surface area contributed by atoms with Crippen LogP contribution in [0.4, 0.5) is 0 Å². The lowest BCUT2D eigenvalue weighted by Gasteiger charge is -2.38. The van der Waals surface area contributed by atoms with Crippen molar-refractivity contribution in [1.29, 1.82) is 0 Å². The number of benzene rings is 2. The van der Waals surface area contributed by atoms with Crippen LogP contribution in [0.2, 0.25) is 0 Å². The molecule has 0 bridgehead atoms. The lowest BCUT2D eigenvalue weighted by atomic mass is 9.86. The second-order valence-electron chi connectivity index (χ2n) is 7.33. The predicted molar refractivity (Wildman–Crippen MR) is 104 cm³/mol. The van der Waals surface area contributed by atoms with Crippen LogP contribution in [0.5, 0.6) is 5.75 Å². The van der Waals surface area contributed by atoms with Crippen LogP contribution < -0.4 is 4.74 Å². The van der Waals surface area contributed by atoms with Crippen molar-refractivity contribution in [3.63, 3.8) is 0 Å². The SMILES string of the molecule is COc1ccc(C(=O)N2CCCC3(CC(Cc4ccccc4)=NO3)C2)cc1. The minimum absolute atomic E-state index is 0.0387. The van der Waals surface area contributed by atoms with Gasteiger partial charge in [0, 0.05) is 24.9 Å². The Morgan fingerprint density at radius 1 is 1.19 bits per heavy atom. The maximum Gasteiger partial charge on any atom is 0.253 e. The van der Waals surface area contributed by atoms with Gasteiger partial charge in [-0.3, -0.25) is 4.79 Å². The van der Waals surface area contributed by atoms with Gasteiger partial charge in [0.25, 0.3) is 5.91 Å². The minimum Gasteiger partial charge on any atom is -0.497 e. The van der Waals surface area contributed by atoms with Gasteiger partial charge >= 0.3 is 0 Å². The maximum absolute atomic E-state index is 12.9. The Balaban J connectivity index is 1.41. The molecule has 0 radical (unpaired) electrons. The van der Waals surface area contributed by atoms with Crippen molar-refractivity contribution in [3.05, 3.63) is 65.7 Å². The molecule has 4 rings (SSSR count). The monoisotopic (exact) mass is 364 g/mol. The molecule has 27 heavy (non-hydrogen) atoms. The van der Waals surface area contributed by atoms with Crippen LogP contribution in [0.25, 0.3) is 0 Å². The average Bonchev–Trinajstić information content (AvgIpc) is 3.09. The second kappa shape index (κ2) is 7.43. The molecule has 140 valence electrons. The predicted octanol–water partition coefficient (Wildman–Crippen LogP) is 3.69. The van der Waals surface area contributed by atoms with E-state index in [9.17, 15) is 4.79 Å². The summed E-state index contributed by atoms with van der Waals surface area (Å²) in [5, 5.41) is 4.36. The van der Waals surface area contributed by atoms with E-state index in [-0.39, 0.29) is 11.5 Å². The van der Waals surface area contributed by atoms with Crippen LogP contribution in [0.1, 0.15) is 35.2 Å². The van der Waals surface area contributed by atoms with Gasteiger partial charge in [-0.25, -0.2) is 0 Å². The molecular weight excluding hydrogens is 340 g/mol. The number of carbonyl (C=O) groups is 1. The summed E-state index contributed by atoms with van der Waals surface area (Å²) < 4.78 is 5.17. The third-order valence-electron chi connectivity index (χ3n) is 5.31. The molecule has 1 saturated heterocycles. The highest BCUT2D eigenvalue weighted by Gasteiger charge is 2.44. The number of carbonyl (C=O) groups excluding carboxylic acids is 1. The summed E-state index contributed by atoms with van der Waals surface area (Å²) in [5.41, 5.74) is 2.60. The lowest BCUT2D eigenvalue weighted by Crippen LogP contribution is -2.50. The first-order valence-corrected chi connectivity index (χ1v) is 9.39. The van der Waals surface area contributed by atoms with Crippen molar-refractivity contribution >= 4 is 11.6 Å². The molecule has 1 amide bonds. The zero-order valence-electron chi connectivity index (χ0n) is 15.6. The number of piperidine rings is 1. The zero-order valence-corrected chi connectivity index (χ0v) is 15.6. The molecule has 0 aliphatic carbocycles. The van der Waals surface area contributed by atoms with Crippen molar-refractivity contribution in [2.75, 3.05) is 20.2 Å². The second-order valence-corrected chi connectivity index (χ2v) is 7.33. The van der Waals surface area contributed by atoms with E-state index in [4.69, 9.17) is 9.57 Å². The average molecular weight is 364 g/mol. The number of methoxy groups -OCH3 is 1. The maximum atomic E-state index is 12.9. The minimum atomic E-state index is -0.371. The number of oxime groups is 1. The van der Waals surface area contributed by atoms with E-state index < -0.39 is 0 Å². The standard InChI is InChI=1S/C22H24N2O3/c1-26-20-10-8-18(9-11-20)21(25)24-13-5-12-22(16-24)15-19(23-27-22)14-17-6-3-2-4-7-17/h2-4,6-11H,5,12-16H2,1H3. The lowest BCUT2D eigenvalue weighted by molar-refractivity contribution is -0.0618. The van der Waals surface area contributed by atoms with Gasteiger partial charge in [0.15, 0.2) is 5.60 Å². The largest absolute Gasteiger partial charge is 0.497 e. The van der Waals surface area contributed by atoms with Crippen LogP contribution in [-0.2, 0) is 11.3 Å². The van der Waals surface area contributed by atoms with E-state index in [0.717, 1.165) is 43.7 Å². The van der Waals surface area contributed by atoms with Gasteiger partial charge in [-0.2, -0.15) is 0 Å². The molecule has 0 N–H and O–H groups in total. The molecule has 0 saturated carbocycles. The van der Waals surface area contributed by atoms with E-state index in [1.165, 1.54) is 5.56 Å². The molecule has 0 aromatic heterocycles. The summed E-state index contributed by atoms with van der Waals surface area (Å²) in [5.74, 6) is 0.789. The number of nitrogens with zero attached hydrogens (tertiary/aromatic N) is 2. The van der Waals surface area contributed by atoms with Gasteiger partial charge in [0.05, 0.1) is 19.4 Å². The van der Waals surface area contributed by atoms with Gasteiger partial charge in [0.2, 0.25) is 0 Å². The van der Waals surface area contributed by atoms with E-state index in [1.807, 2.05) is 47.4 Å². The number of rotatable bonds is 4. The summed E-state index contributed by atoms with van der Waals surface area (Å²) in [6.07, 6.45) is 3.44. The number of hydrogen-bond acceptors (Lipinski definition) is 4. The summed E-state index contributed by atoms with van der Waals surface area (Å²) >= 11 is 0. The summed E-state index contributed by atoms with van der Waals surface area (Å²) in [6, 6.07) is 17.6. The quantitative estimate of drug-likeness (QED) is 0.831. The van der Waals surface area contributed by atoms with Crippen LogP contribution in [0.3, 0.4) is 0 Å². The highest BCUT2D eigenvalue weighted by atomic mass is 16.7. The fourth-order valence-electron chi connectivity index (χ4n) is 3.93. The molecule has 1 atom stereocenters. The van der Waals surface area contributed by atoms with E-state index >= 15 is 0 Å². The number of likely N-dealkylation sites (tertiary alicyclic amines) is 1. The highest BCUT2D eigenvalue weighted by molar-refractivity contribution is 5.94. The first-order chi connectivity index (χ1) is 13.2. The fraction of sp³-hybridized carbons (Fsp3) is 0.364. The summed E-state index contributed by atoms with van der Waals surface area (Å²) in [6.45, 7) is 1.34. The molecule has 2 aromatic rings. The molecule has 1 spiro atoms. The first-order valence-electron chi connectivity index (χ1n) is 9.39. The van der Waals surface area contributed by atoms with E-state index in [0.29, 0.717) is 12.1 Å². The van der Waals surface area contributed by atoms with Crippen LogP contribution in [0, 0.1) is 0 Å². The smallest absolute Gasteiger partial charge is 0.253 e. The molecule has 1 fully saturated rings. The molecule has 2 aromatic carbocycles. The third kappa shape index (κ3) is 3.82. The third-order valence-corrected chi connectivity index (χ3v) is 5.31. The summed E-state index contributed by atoms with van der Waals surface area (Å²) in [4.78, 5) is 20.7. The Kier molecular flexibility index (Phi) is 4.84. The van der Waals surface area contributed by atoms with Gasteiger partial charge in [-0.05, 0) is 42.7 Å². The molecule has 5 heteroatoms. The van der Waals surface area contributed by atoms with Gasteiger partial charge in [-0.15, -0.1) is 0 Å². The Hall–Kier alpha value is -2.82. The highest BCUT2D eigenvalue weighted by Crippen LogP contribution is 2.34. The van der Waals surface area contributed by atoms with Crippen LogP contribution in [-0.4, -0.2) is 42.3 Å². The van der Waals surface area contributed by atoms with Gasteiger partial charge in [-0.1, -0.05) is 35.5 Å². The normalized spacial score (nSPS) is 21.7. The summed E-state index contributed by atoms with van der Waals surface area (Å²) in [7, 11) is 1.62. The molecule has 2 aliphatic rings. The Morgan fingerprint density at radius 3 is 2.70 bits per heavy atom. The number of amides is 1. The molecule has 2 heterocycles. The van der Waals surface area contributed by atoms with Gasteiger partial charge < -0.3 is 14.5 Å². The Morgan fingerprint density at radius 2 is 1.96 bits per heavy atom. The zero-order chi connectivity index (χ0) is 18.7. The van der Waals surface area contributed by atoms with Crippen molar-refractivity contribution in [1.82, 2.24) is 4.90 Å². The Labute approximate surface area is 159 Å². The van der Waals surface area contributed by atoms with E-state index in [2.05, 4.69) is 17.3 Å². The number of ether oxygens (including phenoxy) is 1. The molecule has 2 aliphatic heterocycles. The Bertz CT molecular complexity index is 832. The molecular formula is C22H24N2O3. The van der Waals surface area contributed by atoms with Crippen molar-refractivity contribution in [3.8, 4) is 5.75 Å². The van der Waals surface area contributed by atoms with Crippen LogP contribution >= 0.6 is 0 Å². The van der Waals surface area contributed by atoms with Crippen LogP contribution in [0.15, 0.2) is 59.8 Å². The molecule has 5 nitrogen and oxygen atoms in total. The molecule has 1 unspecified atom stereocenters. The van der Waals surface area contributed by atoms with Gasteiger partial charge in [0.1, 0.15) is 5.75 Å². The van der Waals surface area contributed by atoms with E-state index in [1.54, 1.807) is 7.11 Å². The van der Waals surface area contributed by atoms with Crippen molar-refractivity contribution in [2.24, 2.45) is 5.16 Å². The van der Waals surface area contributed by atoms with Crippen molar-refractivity contribution < 1.29 is 14.4 Å².